The van der Waals surface area contributed by atoms with E-state index >= 15 is 0 Å². The molecular formula is C83H66Cl21KN9O29P. The molecule has 5 N–H and O–H groups in total. The molecule has 0 bridgehead atoms. The van der Waals surface area contributed by atoms with Crippen LogP contribution in [0.3, 0.4) is 0 Å². The number of aromatic amines is 2. The van der Waals surface area contributed by atoms with Crippen molar-refractivity contribution in [2.75, 3.05) is 52.9 Å². The first-order chi connectivity index (χ1) is 67.1. The fraction of sp³-hybridized carbons (Fsp3) is 0.253. The van der Waals surface area contributed by atoms with Crippen LogP contribution in [-0.4, -0.2) is 198 Å². The molecule has 38 nitrogen and oxygen atoms in total. The Balaban J connectivity index is 0.000000557. The van der Waals surface area contributed by atoms with Crippen molar-refractivity contribution in [3.63, 3.8) is 0 Å². The molecule has 144 heavy (non-hydrogen) atoms. The van der Waals surface area contributed by atoms with Crippen molar-refractivity contribution in [3.8, 4) is 0 Å². The topological polar surface area (TPSA) is 555 Å². The first-order valence-electron chi connectivity index (χ1n) is 39.1. The number of rotatable bonds is 25. The average Bonchev–Trinajstić information content (AvgIpc) is 1.63. The maximum atomic E-state index is 12.5. The molecule has 770 valence electrons. The Hall–Kier alpha value is -7.34. The predicted molar refractivity (Wildman–Crippen MR) is 536 cm³/mol. The van der Waals surface area contributed by atoms with Gasteiger partial charge >= 0.3 is 116 Å². The second-order valence-corrected chi connectivity index (χ2v) is 38.7. The summed E-state index contributed by atoms with van der Waals surface area (Å²) in [4.78, 5) is 218. The van der Waals surface area contributed by atoms with Gasteiger partial charge in [0.05, 0.1) is 193 Å². The van der Waals surface area contributed by atoms with Crippen molar-refractivity contribution in [2.24, 2.45) is 0 Å². The molecule has 0 spiro atoms. The first-order valence-corrected chi connectivity index (χ1v) is 50.5. The van der Waals surface area contributed by atoms with Crippen molar-refractivity contribution >= 4 is 337 Å². The first kappa shape index (κ1) is 133. The minimum atomic E-state index is -3.22. The summed E-state index contributed by atoms with van der Waals surface area (Å²) in [5.41, 5.74) is -1.94. The van der Waals surface area contributed by atoms with Crippen molar-refractivity contribution in [3.05, 3.63) is 274 Å². The molecule has 2 aliphatic heterocycles. The number of alkyl halides is 1. The average molecular weight is 2470 g/mol. The number of aromatic nitrogens is 7. The summed E-state index contributed by atoms with van der Waals surface area (Å²) in [6.45, 7) is 13.5. The Kier molecular flexibility index (Phi) is 59.8. The molecule has 2 aromatic carbocycles. The van der Waals surface area contributed by atoms with E-state index in [1.807, 2.05) is 0 Å². The number of aromatic carboxylic acids is 2. The number of carboxylic acid groups (broad SMARTS) is 2. The summed E-state index contributed by atoms with van der Waals surface area (Å²) in [5.74, 6) is -10.6. The van der Waals surface area contributed by atoms with Crippen LogP contribution >= 0.6 is 248 Å². The predicted octanol–water partition coefficient (Wildman–Crippen LogP) is 20.4. The van der Waals surface area contributed by atoms with Crippen molar-refractivity contribution in [2.45, 2.75) is 87.3 Å². The molecule has 4 amide bonds. The summed E-state index contributed by atoms with van der Waals surface area (Å²) < 4.78 is 47.6. The Morgan fingerprint density at radius 2 is 0.632 bits per heavy atom. The van der Waals surface area contributed by atoms with Gasteiger partial charge in [-0.3, -0.25) is 28.6 Å². The molecule has 7 aromatic heterocycles. The zero-order valence-corrected chi connectivity index (χ0v) is 94.4. The molecular weight excluding hydrogens is 2400 g/mol. The number of carboxylic acids is 2. The maximum Gasteiger partial charge on any atom is 1.00 e. The van der Waals surface area contributed by atoms with Gasteiger partial charge in [-0.05, 0) is 108 Å². The van der Waals surface area contributed by atoms with Gasteiger partial charge in [0.25, 0.3) is 11.8 Å². The van der Waals surface area contributed by atoms with Gasteiger partial charge in [-0.1, -0.05) is 234 Å². The number of carbonyl (C=O) groups is 15. The number of fused-ring (bicyclic) bond motifs is 2. The molecule has 0 radical (unpaired) electrons. The molecule has 11 rings (SSSR count). The van der Waals surface area contributed by atoms with E-state index in [0.717, 1.165) is 23.3 Å². The number of esters is 8. The molecule has 9 heterocycles. The van der Waals surface area contributed by atoms with Gasteiger partial charge in [-0.15, -0.1) is 11.6 Å². The third kappa shape index (κ3) is 38.3. The second-order valence-electron chi connectivity index (χ2n) is 25.4. The van der Waals surface area contributed by atoms with Gasteiger partial charge in [0.15, 0.2) is 39.6 Å². The van der Waals surface area contributed by atoms with Crippen LogP contribution in [0.15, 0.2) is 70.3 Å². The smallest absolute Gasteiger partial charge is 0.587 e. The van der Waals surface area contributed by atoms with Crippen LogP contribution in [0.4, 0.5) is 0 Å². The molecule has 0 atom stereocenters. The van der Waals surface area contributed by atoms with E-state index in [2.05, 4.69) is 73.9 Å². The molecule has 0 aliphatic carbocycles. The SMILES string of the molecule is CCOC(=O)c1[nH]c(C(=O)OCC)c(Cl)c(=O)c1Cl.CCOC(=O)c1nc(C(=O)OCC)c(Cl)c(Cl)c1Cl.CCOC(=O)c1nc(CCC=O)c(Cl)c(Cl)c1Cl.CCOC(=O)c1nc(CCl)c(Cl)c(Cl)c1Cl.CCOC(=O)c1nc(CN2C(=O)c3ccccc3C2=O)c(Cl)c(Cl)c1Cl.CCOC(=O)c1nc(CO)c(Cl)c(Cl)c1Cl.O=C(O)c1cc(=O)cc(C(=O)O)[nH]1.O=C1[N-]C(=O)c2ccccc21.O=P(Cl)(Cl)Cl.[K+]. The molecule has 2 aliphatic rings. The molecule has 9 aromatic rings. The Morgan fingerprint density at radius 1 is 0.375 bits per heavy atom. The Labute approximate surface area is 961 Å². The largest absolute Gasteiger partial charge is 1.00 e. The maximum absolute atomic E-state index is 12.5. The third-order valence-electron chi connectivity index (χ3n) is 16.1. The number of hydrogen-bond donors (Lipinski definition) is 5. The number of hydrogen-bond acceptors (Lipinski definition) is 32. The van der Waals surface area contributed by atoms with Crippen molar-refractivity contribution < 1.29 is 181 Å². The quantitative estimate of drug-likeness (QED) is 0.00675. The second kappa shape index (κ2) is 64.9. The van der Waals surface area contributed by atoms with E-state index in [0.29, 0.717) is 33.6 Å². The van der Waals surface area contributed by atoms with Crippen LogP contribution in [0.25, 0.3) is 5.32 Å². The molecule has 61 heteroatoms. The summed E-state index contributed by atoms with van der Waals surface area (Å²) in [5, 5.41) is 24.5. The summed E-state index contributed by atoms with van der Waals surface area (Å²) in [7, 11) is 0. The number of ether oxygens (including phenoxy) is 8. The minimum Gasteiger partial charge on any atom is -0.587 e. The number of halogens is 21. The molecule has 0 saturated heterocycles. The van der Waals surface area contributed by atoms with E-state index in [1.165, 1.54) is 0 Å². The van der Waals surface area contributed by atoms with Gasteiger partial charge in [0.2, 0.25) is 5.43 Å². The van der Waals surface area contributed by atoms with Crippen LogP contribution in [0.1, 0.15) is 231 Å². The van der Waals surface area contributed by atoms with E-state index in [4.69, 9.17) is 262 Å². The molecule has 0 unspecified atom stereocenters. The normalized spacial score (nSPS) is 11.0. The molecule has 0 fully saturated rings. The summed E-state index contributed by atoms with van der Waals surface area (Å²) >= 11 is 119. The monoisotopic (exact) mass is 2460 g/mol. The number of H-pyrrole nitrogens is 2. The number of benzene rings is 2. The van der Waals surface area contributed by atoms with Crippen LogP contribution in [-0.2, 0) is 72.7 Å². The van der Waals surface area contributed by atoms with Crippen LogP contribution in [0, 0.1) is 0 Å². The number of carbonyl (C=O) groups excluding carboxylic acids is 13. The number of aliphatic hydroxyl groups is 1. The van der Waals surface area contributed by atoms with E-state index in [-0.39, 0.29) is 262 Å². The van der Waals surface area contributed by atoms with E-state index in [9.17, 15) is 86.1 Å². The van der Waals surface area contributed by atoms with Crippen LogP contribution in [0.2, 0.25) is 85.4 Å². The minimum absolute atomic E-state index is 0. The number of imide groups is 2. The number of nitrogens with one attached hydrogen (secondary N) is 2. The number of aldehydes is 1. The van der Waals surface area contributed by atoms with Crippen molar-refractivity contribution in [1.82, 2.24) is 39.8 Å². The zero-order chi connectivity index (χ0) is 109. The van der Waals surface area contributed by atoms with Gasteiger partial charge < -0.3 is 82.9 Å². The fourth-order valence-electron chi connectivity index (χ4n) is 10.0. The van der Waals surface area contributed by atoms with Gasteiger partial charge in [-0.2, -0.15) is 0 Å². The number of amides is 4. The van der Waals surface area contributed by atoms with Gasteiger partial charge in [0, 0.05) is 29.7 Å². The fourth-order valence-corrected chi connectivity index (χ4v) is 14.1. The van der Waals surface area contributed by atoms with E-state index < -0.39 is 127 Å². The number of pyridine rings is 7. The van der Waals surface area contributed by atoms with Crippen molar-refractivity contribution in [1.29, 1.82) is 0 Å². The molecule has 0 saturated carbocycles. The zero-order valence-electron chi connectivity index (χ0n) is 74.5. The Bertz CT molecular complexity index is 6270. The Morgan fingerprint density at radius 3 is 0.924 bits per heavy atom. The number of aliphatic hydroxyl groups excluding tert-OH is 1. The number of nitrogens with zero attached hydrogens (tertiary/aromatic N) is 7. The van der Waals surface area contributed by atoms with Crippen LogP contribution < -0.4 is 62.2 Å². The summed E-state index contributed by atoms with van der Waals surface area (Å²) in [6.07, 6.45) is 1.24. The van der Waals surface area contributed by atoms with E-state index in [1.54, 1.807) is 104 Å². The van der Waals surface area contributed by atoms with Crippen LogP contribution in [0.5, 0.6) is 0 Å². The third-order valence-corrected chi connectivity index (χ3v) is 23.8. The van der Waals surface area contributed by atoms with Gasteiger partial charge in [0.1, 0.15) is 39.1 Å². The standard InChI is InChI=1S/C17H11Cl3N2O4.C11H10Cl3NO4.C11H10Cl3NO3.C11H11Cl2NO5.C9H7Cl4NO2.C9H8Cl3NO3.C8H5NO2.C7H5NO5.Cl3OP.K/c1-2-26-17(25)14-13(20)12(19)11(18)10(21-14)7-22-15(23)8-5-3-4-6-9(8)16(22)24;1-3-18-10(16)8-6(13)5(12)7(14)9(15-8)11(17)19-4-2;1-2-18-11(17)10-9(14)8(13)7(12)6(15-10)4-3-5-16;1-3-18-10(16)7-5(12)9(15)6(13)8(14-7)11(17)19-4-2;1-2-16-9(15)8-7(13)6(12)5(11)4(3-10)14-8;1-2-16-9(15)8-7(12)6(11)5(10)4(3-14)13-8;10-7-5-3-1-2-4-6(5)8(11)9-7;9-3-1-4(6(10)11)8-5(2-3)7(12)13;1-5(2,3)4;/h3-6H,2,7H2,1H3;3-4H2,1-2H3;5H,2-4H2,1H3;3-4H2,1-2H3,(H,14,15);2-3H2,1H3;14H,2-3H2,1H3;1-4H,(H,9,10,11);1-2H,(H,8,9)(H,10,11)(H,12,13);;/q;;;;;;;;;+1/p-1. The van der Waals surface area contributed by atoms with Gasteiger partial charge in [-0.25, -0.2) is 72.9 Å². The summed E-state index contributed by atoms with van der Waals surface area (Å²) in [6, 6.07) is 14.7. The number of aryl methyl sites for hydroxylation is 1.